The van der Waals surface area contributed by atoms with E-state index in [0.717, 1.165) is 36.7 Å². The van der Waals surface area contributed by atoms with Crippen molar-refractivity contribution in [1.82, 2.24) is 19.0 Å². The second-order valence-electron chi connectivity index (χ2n) is 5.29. The zero-order chi connectivity index (χ0) is 14.7. The molecule has 0 aliphatic carbocycles. The molecule has 0 spiro atoms. The van der Waals surface area contributed by atoms with E-state index in [1.807, 2.05) is 43.2 Å². The molecule has 2 aromatic rings. The summed E-state index contributed by atoms with van der Waals surface area (Å²) < 4.78 is 4.16. The van der Waals surface area contributed by atoms with Gasteiger partial charge in [0.05, 0.1) is 0 Å². The predicted molar refractivity (Wildman–Crippen MR) is 78.7 cm³/mol. The molecular formula is C15H22N4O. The number of Topliss-reactive ketones (excluding diaryl/α,β-unsaturated/α-hetero) is 1. The minimum Gasteiger partial charge on any atom is -0.353 e. The van der Waals surface area contributed by atoms with E-state index in [9.17, 15) is 4.79 Å². The van der Waals surface area contributed by atoms with Gasteiger partial charge in [0.2, 0.25) is 0 Å². The average Bonchev–Trinajstić information content (AvgIpc) is 2.94. The number of nitrogens with zero attached hydrogens (tertiary/aromatic N) is 4. The Morgan fingerprint density at radius 3 is 2.75 bits per heavy atom. The third-order valence-corrected chi connectivity index (χ3v) is 3.59. The molecule has 20 heavy (non-hydrogen) atoms. The fraction of sp³-hybridized carbons (Fsp3) is 0.467. The highest BCUT2D eigenvalue weighted by molar-refractivity contribution is 5.94. The van der Waals surface area contributed by atoms with Crippen LogP contribution >= 0.6 is 0 Å². The topological polar surface area (TPSA) is 43.1 Å². The van der Waals surface area contributed by atoms with Crippen molar-refractivity contribution >= 4 is 5.78 Å². The molecule has 0 aliphatic heterocycles. The quantitative estimate of drug-likeness (QED) is 0.755. The highest BCUT2D eigenvalue weighted by Gasteiger charge is 2.09. The summed E-state index contributed by atoms with van der Waals surface area (Å²) in [5, 5.41) is 0. The van der Waals surface area contributed by atoms with Crippen LogP contribution in [0.2, 0.25) is 0 Å². The summed E-state index contributed by atoms with van der Waals surface area (Å²) in [6, 6.07) is 1.97. The van der Waals surface area contributed by atoms with Crippen LogP contribution in [0.25, 0.3) is 0 Å². The second-order valence-corrected chi connectivity index (χ2v) is 5.29. The molecule has 0 bridgehead atoms. The van der Waals surface area contributed by atoms with Gasteiger partial charge in [0.25, 0.3) is 0 Å². The standard InChI is InChI=1S/C15H22N4O/c1-12(20)14-9-15(18(4)10-14)11-17(3)7-8-19-6-5-16-13(19)2/h5-6,9-10H,7-8,11H2,1-4H3. The summed E-state index contributed by atoms with van der Waals surface area (Å²) >= 11 is 0. The van der Waals surface area contributed by atoms with Gasteiger partial charge in [-0.2, -0.15) is 0 Å². The van der Waals surface area contributed by atoms with E-state index in [4.69, 9.17) is 0 Å². The molecule has 0 amide bonds. The SMILES string of the molecule is CC(=O)c1cc(CN(C)CCn2ccnc2C)n(C)c1. The van der Waals surface area contributed by atoms with Crippen LogP contribution in [-0.4, -0.2) is 38.4 Å². The summed E-state index contributed by atoms with van der Waals surface area (Å²) in [5.41, 5.74) is 1.93. The monoisotopic (exact) mass is 274 g/mol. The first-order chi connectivity index (χ1) is 9.47. The van der Waals surface area contributed by atoms with Gasteiger partial charge in [-0.25, -0.2) is 4.98 Å². The molecular weight excluding hydrogens is 252 g/mol. The number of rotatable bonds is 6. The lowest BCUT2D eigenvalue weighted by Gasteiger charge is -2.17. The molecule has 5 heteroatoms. The Morgan fingerprint density at radius 1 is 1.45 bits per heavy atom. The van der Waals surface area contributed by atoms with Crippen molar-refractivity contribution in [2.75, 3.05) is 13.6 Å². The molecule has 0 atom stereocenters. The molecule has 0 saturated carbocycles. The summed E-state index contributed by atoms with van der Waals surface area (Å²) in [7, 11) is 4.07. The van der Waals surface area contributed by atoms with Crippen molar-refractivity contribution in [2.45, 2.75) is 26.9 Å². The summed E-state index contributed by atoms with van der Waals surface area (Å²) in [6.07, 6.45) is 5.72. The predicted octanol–water partition coefficient (Wildman–Crippen LogP) is 1.86. The maximum atomic E-state index is 11.4. The number of likely N-dealkylation sites (N-methyl/N-ethyl adjacent to an activating group) is 1. The Morgan fingerprint density at radius 2 is 2.20 bits per heavy atom. The van der Waals surface area contributed by atoms with Crippen LogP contribution in [0.3, 0.4) is 0 Å². The van der Waals surface area contributed by atoms with Crippen LogP contribution in [0, 0.1) is 6.92 Å². The Balaban J connectivity index is 1.93. The van der Waals surface area contributed by atoms with E-state index in [-0.39, 0.29) is 5.78 Å². The van der Waals surface area contributed by atoms with Crippen molar-refractivity contribution in [3.8, 4) is 0 Å². The van der Waals surface area contributed by atoms with Crippen LogP contribution in [0.1, 0.15) is 28.8 Å². The van der Waals surface area contributed by atoms with Crippen molar-refractivity contribution < 1.29 is 4.79 Å². The minimum atomic E-state index is 0.114. The first kappa shape index (κ1) is 14.5. The number of ketones is 1. The Kier molecular flexibility index (Phi) is 4.39. The number of imidazole rings is 1. The number of aryl methyl sites for hydroxylation is 2. The summed E-state index contributed by atoms with van der Waals surface area (Å²) in [6.45, 7) is 6.31. The van der Waals surface area contributed by atoms with Crippen molar-refractivity contribution in [1.29, 1.82) is 0 Å². The highest BCUT2D eigenvalue weighted by atomic mass is 16.1. The average molecular weight is 274 g/mol. The fourth-order valence-electron chi connectivity index (χ4n) is 2.23. The fourth-order valence-corrected chi connectivity index (χ4v) is 2.23. The second kappa shape index (κ2) is 6.05. The third-order valence-electron chi connectivity index (χ3n) is 3.59. The molecule has 0 aromatic carbocycles. The Labute approximate surface area is 119 Å². The van der Waals surface area contributed by atoms with Crippen LogP contribution in [0.15, 0.2) is 24.7 Å². The smallest absolute Gasteiger partial charge is 0.161 e. The Hall–Kier alpha value is -1.88. The van der Waals surface area contributed by atoms with E-state index < -0.39 is 0 Å². The van der Waals surface area contributed by atoms with Gasteiger partial charge in [-0.05, 0) is 27.0 Å². The van der Waals surface area contributed by atoms with Gasteiger partial charge in [0, 0.05) is 56.5 Å². The van der Waals surface area contributed by atoms with E-state index in [1.54, 1.807) is 6.92 Å². The van der Waals surface area contributed by atoms with Crippen molar-refractivity contribution in [2.24, 2.45) is 7.05 Å². The van der Waals surface area contributed by atoms with Crippen LogP contribution in [-0.2, 0) is 20.1 Å². The molecule has 0 radical (unpaired) electrons. The van der Waals surface area contributed by atoms with Crippen LogP contribution in [0.4, 0.5) is 0 Å². The Bertz CT molecular complexity index is 597. The molecule has 0 aliphatic rings. The molecule has 0 fully saturated rings. The molecule has 108 valence electrons. The summed E-state index contributed by atoms with van der Waals surface area (Å²) in [5.74, 6) is 1.15. The van der Waals surface area contributed by atoms with Gasteiger partial charge < -0.3 is 9.13 Å². The molecule has 2 heterocycles. The van der Waals surface area contributed by atoms with Gasteiger partial charge in [0.1, 0.15) is 5.82 Å². The van der Waals surface area contributed by atoms with Crippen molar-refractivity contribution in [3.63, 3.8) is 0 Å². The van der Waals surface area contributed by atoms with Gasteiger partial charge in [-0.1, -0.05) is 0 Å². The lowest BCUT2D eigenvalue weighted by atomic mass is 10.2. The zero-order valence-corrected chi connectivity index (χ0v) is 12.6. The lowest BCUT2D eigenvalue weighted by Crippen LogP contribution is -2.24. The zero-order valence-electron chi connectivity index (χ0n) is 12.6. The van der Waals surface area contributed by atoms with Crippen LogP contribution < -0.4 is 0 Å². The van der Waals surface area contributed by atoms with E-state index in [2.05, 4.69) is 21.5 Å². The lowest BCUT2D eigenvalue weighted by molar-refractivity contribution is 0.101. The number of hydrogen-bond acceptors (Lipinski definition) is 3. The number of aromatic nitrogens is 3. The maximum absolute atomic E-state index is 11.4. The van der Waals surface area contributed by atoms with Gasteiger partial charge in [-0.15, -0.1) is 0 Å². The highest BCUT2D eigenvalue weighted by Crippen LogP contribution is 2.10. The number of carbonyl (C=O) groups is 1. The van der Waals surface area contributed by atoms with E-state index >= 15 is 0 Å². The van der Waals surface area contributed by atoms with Gasteiger partial charge in [-0.3, -0.25) is 9.69 Å². The van der Waals surface area contributed by atoms with E-state index in [0.29, 0.717) is 0 Å². The molecule has 2 aromatic heterocycles. The van der Waals surface area contributed by atoms with Gasteiger partial charge in [0.15, 0.2) is 5.78 Å². The first-order valence-corrected chi connectivity index (χ1v) is 6.80. The molecule has 0 N–H and O–H groups in total. The first-order valence-electron chi connectivity index (χ1n) is 6.80. The largest absolute Gasteiger partial charge is 0.353 e. The molecule has 5 nitrogen and oxygen atoms in total. The minimum absolute atomic E-state index is 0.114. The third kappa shape index (κ3) is 3.36. The van der Waals surface area contributed by atoms with E-state index in [1.165, 1.54) is 0 Å². The number of carbonyl (C=O) groups excluding carboxylic acids is 1. The number of hydrogen-bond donors (Lipinski definition) is 0. The summed E-state index contributed by atoms with van der Waals surface area (Å²) in [4.78, 5) is 17.8. The van der Waals surface area contributed by atoms with Gasteiger partial charge >= 0.3 is 0 Å². The molecule has 0 saturated heterocycles. The normalized spacial score (nSPS) is 11.2. The molecule has 2 rings (SSSR count). The molecule has 0 unspecified atom stereocenters. The maximum Gasteiger partial charge on any atom is 0.161 e. The van der Waals surface area contributed by atoms with Crippen molar-refractivity contribution in [3.05, 3.63) is 41.7 Å². The van der Waals surface area contributed by atoms with Crippen LogP contribution in [0.5, 0.6) is 0 Å².